The van der Waals surface area contributed by atoms with Crippen molar-refractivity contribution < 1.29 is 0 Å². The van der Waals surface area contributed by atoms with E-state index in [4.69, 9.17) is 16.2 Å². The largest absolute Gasteiger partial charge is 0.327 e. The zero-order chi connectivity index (χ0) is 8.32. The first-order chi connectivity index (χ1) is 5.08. The second kappa shape index (κ2) is 3.14. The molecule has 0 saturated heterocycles. The lowest BCUT2D eigenvalue weighted by atomic mass is 10.2. The van der Waals surface area contributed by atoms with Gasteiger partial charge in [-0.05, 0) is 5.56 Å². The molecule has 0 aliphatic rings. The van der Waals surface area contributed by atoms with E-state index in [0.29, 0.717) is 6.04 Å². The highest BCUT2D eigenvalue weighted by Crippen LogP contribution is 1.99. The molecule has 0 aliphatic carbocycles. The van der Waals surface area contributed by atoms with Crippen LogP contribution in [0.25, 0.3) is 0 Å². The molecule has 3 nitrogen and oxygen atoms in total. The normalized spacial score (nSPS) is 11.5. The van der Waals surface area contributed by atoms with Gasteiger partial charge in [0, 0.05) is 6.04 Å². The molecule has 1 rings (SSSR count). The Kier molecular flexibility index (Phi) is 2.40. The summed E-state index contributed by atoms with van der Waals surface area (Å²) >= 11 is 0. The molecule has 0 heterocycles. The molecule has 4 heteroatoms. The second-order valence-corrected chi connectivity index (χ2v) is 5.35. The fourth-order valence-electron chi connectivity index (χ4n) is 0.949. The van der Waals surface area contributed by atoms with E-state index in [1.165, 1.54) is 0 Å². The summed E-state index contributed by atoms with van der Waals surface area (Å²) in [6.07, 6.45) is 0. The molecule has 0 aromatic heterocycles. The Balaban J connectivity index is 2.66. The van der Waals surface area contributed by atoms with Gasteiger partial charge in [-0.2, -0.15) is 0 Å². The molecule has 0 aliphatic heterocycles. The topological polar surface area (TPSA) is 78.1 Å². The summed E-state index contributed by atoms with van der Waals surface area (Å²) in [6.45, 7) is 0. The number of hydrogen-bond acceptors (Lipinski definition) is 3. The van der Waals surface area contributed by atoms with E-state index in [1.807, 2.05) is 30.3 Å². The van der Waals surface area contributed by atoms with Crippen LogP contribution in [0, 0.1) is 0 Å². The third-order valence-corrected chi connectivity index (χ3v) is 2.37. The fraction of sp³-hybridized carbons (Fsp3) is 0.143. The van der Waals surface area contributed by atoms with Crippen LogP contribution in [0.2, 0.25) is 0 Å². The molecule has 11 heavy (non-hydrogen) atoms. The molecule has 1 aromatic rings. The van der Waals surface area contributed by atoms with Gasteiger partial charge in [0.25, 0.3) is 8.56 Å². The van der Waals surface area contributed by atoms with Crippen LogP contribution >= 0.6 is 0 Å². The predicted molar refractivity (Wildman–Crippen MR) is 48.5 cm³/mol. The van der Waals surface area contributed by atoms with Crippen molar-refractivity contribution in [2.45, 2.75) is 6.04 Å². The van der Waals surface area contributed by atoms with Crippen LogP contribution in [-0.2, 0) is 6.04 Å². The van der Waals surface area contributed by atoms with Gasteiger partial charge in [0.2, 0.25) is 0 Å². The van der Waals surface area contributed by atoms with Gasteiger partial charge in [-0.15, -0.1) is 0 Å². The first kappa shape index (κ1) is 8.41. The summed E-state index contributed by atoms with van der Waals surface area (Å²) in [6, 6.07) is 10.5. The molecule has 0 fully saturated rings. The first-order valence-corrected chi connectivity index (χ1v) is 5.92. The lowest BCUT2D eigenvalue weighted by molar-refractivity contribution is 1.22. The maximum absolute atomic E-state index is 5.56. The highest BCUT2D eigenvalue weighted by atomic mass is 28.4. The van der Waals surface area contributed by atoms with Crippen LogP contribution in [-0.4, -0.2) is 8.56 Å². The molecular weight excluding hydrogens is 154 g/mol. The standard InChI is InChI=1S/C7H13N3Si/c8-11(9,10)6-7-4-2-1-3-5-7/h1-5H,6,8-10H2. The maximum Gasteiger partial charge on any atom is 0.277 e. The van der Waals surface area contributed by atoms with Gasteiger partial charge >= 0.3 is 0 Å². The van der Waals surface area contributed by atoms with Gasteiger partial charge in [0.05, 0.1) is 0 Å². The summed E-state index contributed by atoms with van der Waals surface area (Å²) in [5, 5.41) is 16.7. The highest BCUT2D eigenvalue weighted by molar-refractivity contribution is 6.69. The zero-order valence-corrected chi connectivity index (χ0v) is 7.33. The summed E-state index contributed by atoms with van der Waals surface area (Å²) in [5.41, 5.74) is 1.12. The molecule has 0 radical (unpaired) electrons. The lowest BCUT2D eigenvalue weighted by Crippen LogP contribution is -2.66. The molecule has 60 valence electrons. The smallest absolute Gasteiger partial charge is 0.277 e. The molecule has 0 bridgehead atoms. The average Bonchev–Trinajstić information content (AvgIpc) is 1.85. The quantitative estimate of drug-likeness (QED) is 0.524. The van der Waals surface area contributed by atoms with Crippen molar-refractivity contribution in [1.82, 2.24) is 0 Å². The maximum atomic E-state index is 5.56. The van der Waals surface area contributed by atoms with Crippen LogP contribution in [0.3, 0.4) is 0 Å². The van der Waals surface area contributed by atoms with Crippen molar-refractivity contribution in [2.24, 2.45) is 16.2 Å². The van der Waals surface area contributed by atoms with E-state index >= 15 is 0 Å². The molecule has 1 aromatic carbocycles. The number of hydrogen-bond donors (Lipinski definition) is 3. The summed E-state index contributed by atoms with van der Waals surface area (Å²) in [7, 11) is -2.40. The monoisotopic (exact) mass is 167 g/mol. The van der Waals surface area contributed by atoms with Crippen LogP contribution in [0.4, 0.5) is 0 Å². The minimum Gasteiger partial charge on any atom is -0.327 e. The Morgan fingerprint density at radius 2 is 1.55 bits per heavy atom. The van der Waals surface area contributed by atoms with Crippen molar-refractivity contribution in [3.63, 3.8) is 0 Å². The van der Waals surface area contributed by atoms with Gasteiger partial charge in [-0.1, -0.05) is 30.3 Å². The number of nitrogens with two attached hydrogens (primary N) is 3. The SMILES string of the molecule is N[Si](N)(N)Cc1ccccc1. The summed E-state index contributed by atoms with van der Waals surface area (Å²) < 4.78 is 0. The van der Waals surface area contributed by atoms with E-state index in [-0.39, 0.29) is 0 Å². The predicted octanol–water partition coefficient (Wildman–Crippen LogP) is -0.417. The number of rotatable bonds is 2. The molecule has 0 atom stereocenters. The van der Waals surface area contributed by atoms with E-state index in [1.54, 1.807) is 0 Å². The molecule has 0 saturated carbocycles. The first-order valence-electron chi connectivity index (χ1n) is 3.48. The van der Waals surface area contributed by atoms with E-state index in [9.17, 15) is 0 Å². The van der Waals surface area contributed by atoms with Crippen molar-refractivity contribution >= 4 is 8.56 Å². The molecular formula is C7H13N3Si. The molecule has 0 amide bonds. The van der Waals surface area contributed by atoms with Gasteiger partial charge in [0.1, 0.15) is 0 Å². The van der Waals surface area contributed by atoms with Crippen LogP contribution < -0.4 is 16.2 Å². The lowest BCUT2D eigenvalue weighted by Gasteiger charge is -2.13. The van der Waals surface area contributed by atoms with Gasteiger partial charge in [-0.3, -0.25) is 0 Å². The fourth-order valence-corrected chi connectivity index (χ4v) is 1.89. The third kappa shape index (κ3) is 3.29. The Bertz CT molecular complexity index is 217. The van der Waals surface area contributed by atoms with E-state index in [0.717, 1.165) is 5.56 Å². The van der Waals surface area contributed by atoms with Gasteiger partial charge in [-0.25, -0.2) is 0 Å². The van der Waals surface area contributed by atoms with Crippen molar-refractivity contribution in [3.05, 3.63) is 35.9 Å². The third-order valence-electron chi connectivity index (χ3n) is 1.35. The Labute approximate surface area is 67.4 Å². The Hall–Kier alpha value is -0.683. The molecule has 0 spiro atoms. The van der Waals surface area contributed by atoms with Crippen LogP contribution in [0.5, 0.6) is 0 Å². The molecule has 6 N–H and O–H groups in total. The van der Waals surface area contributed by atoms with Crippen molar-refractivity contribution in [2.75, 3.05) is 0 Å². The zero-order valence-electron chi connectivity index (χ0n) is 6.33. The minimum absolute atomic E-state index is 0.633. The highest BCUT2D eigenvalue weighted by Gasteiger charge is 2.17. The van der Waals surface area contributed by atoms with Crippen molar-refractivity contribution in [1.29, 1.82) is 0 Å². The van der Waals surface area contributed by atoms with Gasteiger partial charge < -0.3 is 16.2 Å². The molecule has 0 unspecified atom stereocenters. The second-order valence-electron chi connectivity index (χ2n) is 2.77. The van der Waals surface area contributed by atoms with Crippen molar-refractivity contribution in [3.8, 4) is 0 Å². The van der Waals surface area contributed by atoms with Crippen LogP contribution in [0.1, 0.15) is 5.56 Å². The number of benzene rings is 1. The van der Waals surface area contributed by atoms with E-state index < -0.39 is 8.56 Å². The Morgan fingerprint density at radius 1 is 1.00 bits per heavy atom. The van der Waals surface area contributed by atoms with Crippen LogP contribution in [0.15, 0.2) is 30.3 Å². The Morgan fingerprint density at radius 3 is 2.00 bits per heavy atom. The van der Waals surface area contributed by atoms with E-state index in [2.05, 4.69) is 0 Å². The summed E-state index contributed by atoms with van der Waals surface area (Å²) in [5.74, 6) is 0. The summed E-state index contributed by atoms with van der Waals surface area (Å²) in [4.78, 5) is 0. The van der Waals surface area contributed by atoms with Gasteiger partial charge in [0.15, 0.2) is 0 Å². The average molecular weight is 167 g/mol. The minimum atomic E-state index is -2.40.